The maximum absolute atomic E-state index is 13.9. The van der Waals surface area contributed by atoms with Gasteiger partial charge in [-0.15, -0.1) is 0 Å². The number of benzene rings is 2. The lowest BCUT2D eigenvalue weighted by Gasteiger charge is -2.32. The molecule has 1 amide bonds. The fraction of sp³-hybridized carbons (Fsp3) is 0.318. The summed E-state index contributed by atoms with van der Waals surface area (Å²) in [6.07, 6.45) is 2.04. The Balaban J connectivity index is 1.38. The summed E-state index contributed by atoms with van der Waals surface area (Å²) in [5.74, 6) is -1.33. The van der Waals surface area contributed by atoms with Crippen LogP contribution in [0.5, 0.6) is 0 Å². The number of hydrogen-bond acceptors (Lipinski definition) is 4. The molecule has 156 valence electrons. The SMILES string of the molecule is O=C(Cc1ccc(F)cc1F)N1CCCC(Cc2nc(-c3ccccc3F)no2)C1. The Hall–Kier alpha value is -3.16. The monoisotopic (exact) mass is 415 g/mol. The Morgan fingerprint density at radius 3 is 2.77 bits per heavy atom. The lowest BCUT2D eigenvalue weighted by atomic mass is 9.94. The summed E-state index contributed by atoms with van der Waals surface area (Å²) >= 11 is 0. The van der Waals surface area contributed by atoms with E-state index in [0.29, 0.717) is 25.4 Å². The molecule has 1 unspecified atom stereocenters. The molecule has 1 fully saturated rings. The first-order chi connectivity index (χ1) is 14.5. The van der Waals surface area contributed by atoms with Crippen molar-refractivity contribution in [3.05, 3.63) is 71.4 Å². The van der Waals surface area contributed by atoms with Crippen LogP contribution in [0.25, 0.3) is 11.4 Å². The van der Waals surface area contributed by atoms with Gasteiger partial charge in [0.25, 0.3) is 0 Å². The Labute approximate surface area is 171 Å². The second kappa shape index (κ2) is 8.69. The lowest BCUT2D eigenvalue weighted by molar-refractivity contribution is -0.132. The molecule has 1 aliphatic rings. The number of amides is 1. The van der Waals surface area contributed by atoms with Crippen LogP contribution < -0.4 is 0 Å². The molecular weight excluding hydrogens is 395 g/mol. The molecule has 2 heterocycles. The second-order valence-electron chi connectivity index (χ2n) is 7.46. The smallest absolute Gasteiger partial charge is 0.227 e. The first kappa shape index (κ1) is 20.1. The minimum absolute atomic E-state index is 0.106. The van der Waals surface area contributed by atoms with E-state index >= 15 is 0 Å². The minimum atomic E-state index is -0.719. The van der Waals surface area contributed by atoms with Crippen LogP contribution in [-0.4, -0.2) is 34.0 Å². The van der Waals surface area contributed by atoms with Crippen molar-refractivity contribution in [3.63, 3.8) is 0 Å². The van der Waals surface area contributed by atoms with Crippen molar-refractivity contribution in [2.75, 3.05) is 13.1 Å². The summed E-state index contributed by atoms with van der Waals surface area (Å²) in [6.45, 7) is 1.07. The molecule has 3 aromatic rings. The number of rotatable bonds is 5. The predicted octanol–water partition coefficient (Wildman–Crippen LogP) is 4.18. The molecule has 0 saturated carbocycles. The number of nitrogens with zero attached hydrogens (tertiary/aromatic N) is 3. The zero-order valence-corrected chi connectivity index (χ0v) is 16.2. The number of hydrogen-bond donors (Lipinski definition) is 0. The van der Waals surface area contributed by atoms with Gasteiger partial charge in [0.2, 0.25) is 17.6 Å². The zero-order valence-electron chi connectivity index (χ0n) is 16.2. The molecule has 0 bridgehead atoms. The molecule has 5 nitrogen and oxygen atoms in total. The van der Waals surface area contributed by atoms with Gasteiger partial charge in [-0.25, -0.2) is 13.2 Å². The average molecular weight is 415 g/mol. The standard InChI is InChI=1S/C22H20F3N3O2/c23-16-8-7-15(19(25)12-16)11-21(29)28-9-3-4-14(13-28)10-20-26-22(27-30-20)17-5-1-2-6-18(17)24/h1-2,5-8,12,14H,3-4,9-11,13H2. The van der Waals surface area contributed by atoms with E-state index in [2.05, 4.69) is 10.1 Å². The topological polar surface area (TPSA) is 59.2 Å². The third kappa shape index (κ3) is 4.53. The van der Waals surface area contributed by atoms with Crippen LogP contribution in [0, 0.1) is 23.4 Å². The third-order valence-electron chi connectivity index (χ3n) is 5.27. The summed E-state index contributed by atoms with van der Waals surface area (Å²) in [6, 6.07) is 9.43. The fourth-order valence-electron chi connectivity index (χ4n) is 3.73. The molecule has 4 rings (SSSR count). The van der Waals surface area contributed by atoms with E-state index in [4.69, 9.17) is 4.52 Å². The van der Waals surface area contributed by atoms with Crippen LogP contribution in [0.3, 0.4) is 0 Å². The van der Waals surface area contributed by atoms with Crippen LogP contribution >= 0.6 is 0 Å². The fourth-order valence-corrected chi connectivity index (χ4v) is 3.73. The van der Waals surface area contributed by atoms with Gasteiger partial charge in [-0.3, -0.25) is 4.79 Å². The predicted molar refractivity (Wildman–Crippen MR) is 103 cm³/mol. The van der Waals surface area contributed by atoms with Crippen molar-refractivity contribution in [1.29, 1.82) is 0 Å². The van der Waals surface area contributed by atoms with Crippen LogP contribution in [0.4, 0.5) is 13.2 Å². The molecule has 30 heavy (non-hydrogen) atoms. The van der Waals surface area contributed by atoms with E-state index < -0.39 is 17.5 Å². The van der Waals surface area contributed by atoms with Crippen LogP contribution in [-0.2, 0) is 17.6 Å². The van der Waals surface area contributed by atoms with Gasteiger partial charge >= 0.3 is 0 Å². The van der Waals surface area contributed by atoms with Gasteiger partial charge in [-0.05, 0) is 42.5 Å². The highest BCUT2D eigenvalue weighted by atomic mass is 19.1. The molecule has 0 radical (unpaired) electrons. The van der Waals surface area contributed by atoms with E-state index in [1.807, 2.05) is 0 Å². The first-order valence-corrected chi connectivity index (χ1v) is 9.79. The molecule has 0 aliphatic carbocycles. The van der Waals surface area contributed by atoms with Crippen molar-refractivity contribution < 1.29 is 22.5 Å². The lowest BCUT2D eigenvalue weighted by Crippen LogP contribution is -2.41. The van der Waals surface area contributed by atoms with Crippen molar-refractivity contribution in [2.45, 2.75) is 25.7 Å². The normalized spacial score (nSPS) is 16.6. The molecule has 8 heteroatoms. The zero-order chi connectivity index (χ0) is 21.1. The Kier molecular flexibility index (Phi) is 5.83. The van der Waals surface area contributed by atoms with Gasteiger partial charge in [-0.2, -0.15) is 4.98 Å². The number of carbonyl (C=O) groups is 1. The quantitative estimate of drug-likeness (QED) is 0.627. The Morgan fingerprint density at radius 2 is 1.97 bits per heavy atom. The molecule has 0 spiro atoms. The minimum Gasteiger partial charge on any atom is -0.342 e. The number of aromatic nitrogens is 2. The van der Waals surface area contributed by atoms with Crippen LogP contribution in [0.1, 0.15) is 24.3 Å². The van der Waals surface area contributed by atoms with Crippen molar-refractivity contribution >= 4 is 5.91 Å². The molecule has 2 aromatic carbocycles. The molecule has 0 N–H and O–H groups in total. The number of halogens is 3. The molecule has 1 saturated heterocycles. The highest BCUT2D eigenvalue weighted by Crippen LogP contribution is 2.24. The Morgan fingerprint density at radius 1 is 1.13 bits per heavy atom. The van der Waals surface area contributed by atoms with E-state index in [1.165, 1.54) is 12.1 Å². The van der Waals surface area contributed by atoms with Crippen molar-refractivity contribution in [2.24, 2.45) is 5.92 Å². The summed E-state index contributed by atoms with van der Waals surface area (Å²) in [5.41, 5.74) is 0.448. The second-order valence-corrected chi connectivity index (χ2v) is 7.46. The molecule has 1 aliphatic heterocycles. The van der Waals surface area contributed by atoms with Gasteiger partial charge in [0.05, 0.1) is 12.0 Å². The third-order valence-corrected chi connectivity index (χ3v) is 5.27. The largest absolute Gasteiger partial charge is 0.342 e. The summed E-state index contributed by atoms with van der Waals surface area (Å²) in [4.78, 5) is 18.6. The highest BCUT2D eigenvalue weighted by molar-refractivity contribution is 5.79. The van der Waals surface area contributed by atoms with Gasteiger partial charge in [0, 0.05) is 25.6 Å². The molecule has 1 aromatic heterocycles. The van der Waals surface area contributed by atoms with Crippen LogP contribution in [0.2, 0.25) is 0 Å². The molecular formula is C22H20F3N3O2. The number of piperidine rings is 1. The van der Waals surface area contributed by atoms with E-state index in [9.17, 15) is 18.0 Å². The first-order valence-electron chi connectivity index (χ1n) is 9.79. The maximum Gasteiger partial charge on any atom is 0.227 e. The highest BCUT2D eigenvalue weighted by Gasteiger charge is 2.26. The van der Waals surface area contributed by atoms with E-state index in [-0.39, 0.29) is 35.2 Å². The average Bonchev–Trinajstić information content (AvgIpc) is 3.19. The number of carbonyl (C=O) groups excluding carboxylic acids is 1. The van der Waals surface area contributed by atoms with E-state index in [0.717, 1.165) is 25.0 Å². The van der Waals surface area contributed by atoms with Crippen molar-refractivity contribution in [3.8, 4) is 11.4 Å². The van der Waals surface area contributed by atoms with Gasteiger partial charge in [0.1, 0.15) is 17.5 Å². The van der Waals surface area contributed by atoms with Gasteiger partial charge in [-0.1, -0.05) is 23.4 Å². The number of likely N-dealkylation sites (tertiary alicyclic amines) is 1. The van der Waals surface area contributed by atoms with Crippen LogP contribution in [0.15, 0.2) is 47.0 Å². The van der Waals surface area contributed by atoms with Gasteiger partial charge in [0.15, 0.2) is 0 Å². The van der Waals surface area contributed by atoms with E-state index in [1.54, 1.807) is 23.1 Å². The molecule has 1 atom stereocenters. The maximum atomic E-state index is 13.9. The summed E-state index contributed by atoms with van der Waals surface area (Å²) in [5, 5.41) is 3.86. The summed E-state index contributed by atoms with van der Waals surface area (Å²) in [7, 11) is 0. The summed E-state index contributed by atoms with van der Waals surface area (Å²) < 4.78 is 46.1. The van der Waals surface area contributed by atoms with Crippen molar-refractivity contribution in [1.82, 2.24) is 15.0 Å². The Bertz CT molecular complexity index is 1050. The van der Waals surface area contributed by atoms with Gasteiger partial charge < -0.3 is 9.42 Å².